The van der Waals surface area contributed by atoms with Gasteiger partial charge in [0.25, 0.3) is 0 Å². The van der Waals surface area contributed by atoms with Crippen LogP contribution in [0.2, 0.25) is 0 Å². The van der Waals surface area contributed by atoms with Crippen molar-refractivity contribution in [2.24, 2.45) is 0 Å². The van der Waals surface area contributed by atoms with E-state index in [9.17, 15) is 35.1 Å². The lowest BCUT2D eigenvalue weighted by atomic mass is 9.96. The van der Waals surface area contributed by atoms with Crippen molar-refractivity contribution in [1.82, 2.24) is 0 Å². The normalized spacial score (nSPS) is 11.6. The van der Waals surface area contributed by atoms with Gasteiger partial charge in [0, 0.05) is 29.3 Å². The molecule has 1 nitrogen and oxygen atoms in total. The van der Waals surface area contributed by atoms with E-state index in [1.165, 1.54) is 6.07 Å². The number of rotatable bonds is 6. The fraction of sp³-hybridized carbons (Fsp3) is 0.182. The minimum atomic E-state index is -4.63. The smallest absolute Gasteiger partial charge is 0.429 e. The first-order chi connectivity index (χ1) is 14.5. The monoisotopic (exact) mass is 446 g/mol. The molecule has 0 aliphatic rings. The molecule has 3 rings (SSSR count). The van der Waals surface area contributed by atoms with Crippen molar-refractivity contribution >= 4 is 0 Å². The molecule has 9 heteroatoms. The molecule has 3 aromatic carbocycles. The molecule has 31 heavy (non-hydrogen) atoms. The Kier molecular flexibility index (Phi) is 6.24. The van der Waals surface area contributed by atoms with Crippen molar-refractivity contribution < 1.29 is 39.9 Å². The van der Waals surface area contributed by atoms with Crippen LogP contribution in [0.25, 0.3) is 11.1 Å². The van der Waals surface area contributed by atoms with Gasteiger partial charge in [-0.1, -0.05) is 25.5 Å². The zero-order valence-electron chi connectivity index (χ0n) is 15.9. The molecule has 164 valence electrons. The van der Waals surface area contributed by atoms with Crippen LogP contribution in [-0.4, -0.2) is 0 Å². The van der Waals surface area contributed by atoms with E-state index in [4.69, 9.17) is 0 Å². The molecule has 0 radical (unpaired) electrons. The molecule has 0 aromatic heterocycles. The number of aryl methyl sites for hydroxylation is 1. The number of hydrogen-bond acceptors (Lipinski definition) is 1. The van der Waals surface area contributed by atoms with Crippen LogP contribution in [0.4, 0.5) is 35.1 Å². The van der Waals surface area contributed by atoms with Gasteiger partial charge in [-0.05, 0) is 24.1 Å². The zero-order chi connectivity index (χ0) is 22.9. The zero-order valence-corrected chi connectivity index (χ0v) is 15.9. The number of benzene rings is 3. The molecule has 0 unspecified atom stereocenters. The largest absolute Gasteiger partial charge is 0.430 e. The van der Waals surface area contributed by atoms with Crippen molar-refractivity contribution in [3.8, 4) is 16.9 Å². The Morgan fingerprint density at radius 2 is 1.39 bits per heavy atom. The highest BCUT2D eigenvalue weighted by molar-refractivity contribution is 5.69. The maximum Gasteiger partial charge on any atom is 0.430 e. The summed E-state index contributed by atoms with van der Waals surface area (Å²) < 4.78 is 116. The second-order valence-corrected chi connectivity index (χ2v) is 6.69. The van der Waals surface area contributed by atoms with Gasteiger partial charge in [-0.3, -0.25) is 0 Å². The summed E-state index contributed by atoms with van der Waals surface area (Å²) in [5, 5.41) is 0. The van der Waals surface area contributed by atoms with E-state index in [-0.39, 0.29) is 18.2 Å². The van der Waals surface area contributed by atoms with Crippen LogP contribution in [0.5, 0.6) is 5.75 Å². The lowest BCUT2D eigenvalue weighted by Crippen LogP contribution is -2.25. The summed E-state index contributed by atoms with van der Waals surface area (Å²) in [6, 6.07) is 4.44. The number of halogens is 8. The Morgan fingerprint density at radius 1 is 0.742 bits per heavy atom. The first-order valence-corrected chi connectivity index (χ1v) is 9.03. The fourth-order valence-electron chi connectivity index (χ4n) is 3.09. The predicted molar refractivity (Wildman–Crippen MR) is 96.6 cm³/mol. The number of hydrogen-bond donors (Lipinski definition) is 0. The van der Waals surface area contributed by atoms with Crippen molar-refractivity contribution in [1.29, 1.82) is 0 Å². The summed E-state index contributed by atoms with van der Waals surface area (Å²) >= 11 is 0. The predicted octanol–water partition coefficient (Wildman–Crippen LogP) is 7.27. The van der Waals surface area contributed by atoms with E-state index in [0.29, 0.717) is 24.5 Å². The molecule has 0 heterocycles. The van der Waals surface area contributed by atoms with Crippen LogP contribution in [0.1, 0.15) is 24.5 Å². The van der Waals surface area contributed by atoms with E-state index in [0.717, 1.165) is 12.1 Å². The Labute approximate surface area is 171 Å². The minimum absolute atomic E-state index is 0.130. The minimum Gasteiger partial charge on any atom is -0.429 e. The average Bonchev–Trinajstić information content (AvgIpc) is 2.65. The Balaban J connectivity index is 2.13. The van der Waals surface area contributed by atoms with Crippen LogP contribution < -0.4 is 4.74 Å². The van der Waals surface area contributed by atoms with Crippen molar-refractivity contribution in [2.45, 2.75) is 25.9 Å². The average molecular weight is 446 g/mol. The van der Waals surface area contributed by atoms with E-state index < -0.39 is 63.5 Å². The van der Waals surface area contributed by atoms with Crippen LogP contribution in [0, 0.1) is 34.9 Å². The maximum atomic E-state index is 14.8. The number of ether oxygens (including phenoxy) is 1. The molecule has 0 N–H and O–H groups in total. The van der Waals surface area contributed by atoms with Gasteiger partial charge in [-0.15, -0.1) is 0 Å². The molecule has 0 bridgehead atoms. The molecule has 3 aromatic rings. The second-order valence-electron chi connectivity index (χ2n) is 6.69. The summed E-state index contributed by atoms with van der Waals surface area (Å²) in [4.78, 5) is 0. The van der Waals surface area contributed by atoms with Crippen molar-refractivity contribution in [3.63, 3.8) is 0 Å². The lowest BCUT2D eigenvalue weighted by Gasteiger charge is -2.22. The molecule has 0 amide bonds. The third-order valence-electron chi connectivity index (χ3n) is 4.41. The third-order valence-corrected chi connectivity index (χ3v) is 4.41. The molecule has 0 atom stereocenters. The molecule has 0 aliphatic carbocycles. The Hall–Kier alpha value is -3.10. The van der Waals surface area contributed by atoms with E-state index in [2.05, 4.69) is 4.74 Å². The van der Waals surface area contributed by atoms with E-state index >= 15 is 0 Å². The van der Waals surface area contributed by atoms with Gasteiger partial charge in [0.2, 0.25) is 0 Å². The van der Waals surface area contributed by atoms with Gasteiger partial charge >= 0.3 is 6.11 Å². The molecular formula is C22H14F8O. The highest BCUT2D eigenvalue weighted by Crippen LogP contribution is 2.41. The number of alkyl halides is 2. The van der Waals surface area contributed by atoms with Gasteiger partial charge < -0.3 is 4.74 Å². The summed E-state index contributed by atoms with van der Waals surface area (Å²) in [5.41, 5.74) is -2.40. The SMILES string of the molecule is CCCc1ccc(-c2cc(F)cc(F)c2C(F)(F)Oc2cc(F)c(F)c(F)c2)c(F)c1. The van der Waals surface area contributed by atoms with Crippen LogP contribution in [0.15, 0.2) is 42.5 Å². The van der Waals surface area contributed by atoms with Gasteiger partial charge in [0.05, 0.1) is 0 Å². The Morgan fingerprint density at radius 3 is 1.97 bits per heavy atom. The van der Waals surface area contributed by atoms with Crippen molar-refractivity contribution in [2.75, 3.05) is 0 Å². The summed E-state index contributed by atoms with van der Waals surface area (Å²) in [5.74, 6) is -10.8. The molecule has 0 aliphatic heterocycles. The molecule has 0 saturated carbocycles. The summed E-state index contributed by atoms with van der Waals surface area (Å²) in [7, 11) is 0. The first kappa shape index (κ1) is 22.6. The highest BCUT2D eigenvalue weighted by Gasteiger charge is 2.41. The van der Waals surface area contributed by atoms with Gasteiger partial charge in [0.15, 0.2) is 17.5 Å². The topological polar surface area (TPSA) is 9.23 Å². The molecule has 0 saturated heterocycles. The standard InChI is InChI=1S/C22H14F8O/c1-2-3-11-4-5-14(16(24)6-11)15-7-12(23)8-17(25)20(15)22(29,30)31-13-9-18(26)21(28)19(27)10-13/h4-10H,2-3H2,1H3. The maximum absolute atomic E-state index is 14.8. The molecule has 0 spiro atoms. The van der Waals surface area contributed by atoms with E-state index in [1.54, 1.807) is 0 Å². The summed E-state index contributed by atoms with van der Waals surface area (Å²) in [6.07, 6.45) is -3.46. The lowest BCUT2D eigenvalue weighted by molar-refractivity contribution is -0.187. The molecule has 0 fully saturated rings. The Bertz CT molecular complexity index is 1100. The van der Waals surface area contributed by atoms with Crippen LogP contribution in [-0.2, 0) is 12.5 Å². The first-order valence-electron chi connectivity index (χ1n) is 9.03. The second kappa shape index (κ2) is 8.56. The van der Waals surface area contributed by atoms with Gasteiger partial charge in [0.1, 0.15) is 28.8 Å². The molecular weight excluding hydrogens is 432 g/mol. The third kappa shape index (κ3) is 4.65. The highest BCUT2D eigenvalue weighted by atomic mass is 19.3. The van der Waals surface area contributed by atoms with Crippen LogP contribution >= 0.6 is 0 Å². The van der Waals surface area contributed by atoms with Gasteiger partial charge in [-0.2, -0.15) is 8.78 Å². The van der Waals surface area contributed by atoms with Crippen LogP contribution in [0.3, 0.4) is 0 Å². The van der Waals surface area contributed by atoms with Crippen molar-refractivity contribution in [3.05, 3.63) is 88.5 Å². The van der Waals surface area contributed by atoms with E-state index in [1.807, 2.05) is 6.92 Å². The quantitative estimate of drug-likeness (QED) is 0.286. The van der Waals surface area contributed by atoms with Gasteiger partial charge in [-0.25, -0.2) is 26.3 Å². The summed E-state index contributed by atoms with van der Waals surface area (Å²) in [6.45, 7) is 1.84. The fourth-order valence-corrected chi connectivity index (χ4v) is 3.09.